The summed E-state index contributed by atoms with van der Waals surface area (Å²) in [6.07, 6.45) is 0.221. The van der Waals surface area contributed by atoms with Gasteiger partial charge in [0, 0.05) is 35.6 Å². The van der Waals surface area contributed by atoms with Gasteiger partial charge in [-0.25, -0.2) is 0 Å². The summed E-state index contributed by atoms with van der Waals surface area (Å²) in [4.78, 5) is 24.6. The molecule has 2 rings (SSSR count). The van der Waals surface area contributed by atoms with E-state index in [9.17, 15) is 14.9 Å². The minimum absolute atomic E-state index is 0.118. The lowest BCUT2D eigenvalue weighted by Crippen LogP contribution is -2.24. The van der Waals surface area contributed by atoms with Crippen LogP contribution >= 0.6 is 15.9 Å². The quantitative estimate of drug-likeness (QED) is 0.517. The molecule has 0 aliphatic rings. The van der Waals surface area contributed by atoms with Gasteiger partial charge in [-0.3, -0.25) is 14.9 Å². The Morgan fingerprint density at radius 3 is 2.73 bits per heavy atom. The lowest BCUT2D eigenvalue weighted by Gasteiger charge is -2.18. The van der Waals surface area contributed by atoms with Crippen LogP contribution in [-0.2, 0) is 11.3 Å². The second-order valence-corrected chi connectivity index (χ2v) is 6.68. The highest BCUT2D eigenvalue weighted by molar-refractivity contribution is 9.10. The van der Waals surface area contributed by atoms with Gasteiger partial charge in [0.25, 0.3) is 5.69 Å². The summed E-state index contributed by atoms with van der Waals surface area (Å²) in [5.74, 6) is 0.511. The molecule has 0 spiro atoms. The number of para-hydroxylation sites is 2. The maximum absolute atomic E-state index is 12.1. The number of hydrogen-bond acceptors (Lipinski definition) is 5. The zero-order chi connectivity index (χ0) is 19.1. The molecular formula is C18H20BrN3O4. The fourth-order valence-corrected chi connectivity index (χ4v) is 2.89. The molecule has 0 bridgehead atoms. The van der Waals surface area contributed by atoms with Crippen LogP contribution in [0.2, 0.25) is 0 Å². The van der Waals surface area contributed by atoms with E-state index < -0.39 is 4.92 Å². The first-order chi connectivity index (χ1) is 12.4. The number of nitrogens with zero attached hydrogens (tertiary/aromatic N) is 2. The third-order valence-electron chi connectivity index (χ3n) is 3.78. The van der Waals surface area contributed by atoms with E-state index in [0.717, 1.165) is 15.8 Å². The number of nitro groups is 1. The number of nitrogens with one attached hydrogen (secondary N) is 1. The number of nitro benzene ring substituents is 1. The van der Waals surface area contributed by atoms with Crippen LogP contribution < -0.4 is 10.1 Å². The van der Waals surface area contributed by atoms with Gasteiger partial charge in [-0.2, -0.15) is 0 Å². The molecule has 0 saturated heterocycles. The molecule has 0 radical (unpaired) electrons. The minimum Gasteiger partial charge on any atom is -0.496 e. The molecule has 26 heavy (non-hydrogen) atoms. The standard InChI is InChI=1S/C18H20BrN3O4/c1-21(12-13-11-14(19)7-8-17(13)26-2)10-9-18(23)20-15-5-3-4-6-16(15)22(24)25/h3-8,11H,9-10,12H2,1-2H3,(H,20,23). The Kier molecular flexibility index (Phi) is 7.11. The van der Waals surface area contributed by atoms with Gasteiger partial charge in [0.05, 0.1) is 12.0 Å². The number of methoxy groups -OCH3 is 1. The Balaban J connectivity index is 1.92. The Morgan fingerprint density at radius 1 is 1.31 bits per heavy atom. The highest BCUT2D eigenvalue weighted by Crippen LogP contribution is 2.25. The summed E-state index contributed by atoms with van der Waals surface area (Å²) in [7, 11) is 3.52. The van der Waals surface area contributed by atoms with Crippen molar-refractivity contribution in [2.24, 2.45) is 0 Å². The Bertz CT molecular complexity index is 798. The summed E-state index contributed by atoms with van der Waals surface area (Å²) in [6, 6.07) is 11.9. The molecule has 1 amide bonds. The molecule has 138 valence electrons. The summed E-state index contributed by atoms with van der Waals surface area (Å²) in [5, 5.41) is 13.6. The van der Waals surface area contributed by atoms with Gasteiger partial charge in [0.15, 0.2) is 0 Å². The zero-order valence-electron chi connectivity index (χ0n) is 14.6. The van der Waals surface area contributed by atoms with E-state index in [0.29, 0.717) is 13.1 Å². The number of amides is 1. The van der Waals surface area contributed by atoms with Crippen molar-refractivity contribution >= 4 is 33.2 Å². The molecule has 0 fully saturated rings. The van der Waals surface area contributed by atoms with E-state index in [1.54, 1.807) is 19.2 Å². The molecule has 0 aliphatic heterocycles. The molecule has 0 unspecified atom stereocenters. The maximum Gasteiger partial charge on any atom is 0.292 e. The van der Waals surface area contributed by atoms with E-state index in [-0.39, 0.29) is 23.7 Å². The van der Waals surface area contributed by atoms with Crippen molar-refractivity contribution in [2.75, 3.05) is 26.0 Å². The fraction of sp³-hybridized carbons (Fsp3) is 0.278. The number of carbonyl (C=O) groups excluding carboxylic acids is 1. The number of ether oxygens (including phenoxy) is 1. The second kappa shape index (κ2) is 9.30. The number of carbonyl (C=O) groups is 1. The lowest BCUT2D eigenvalue weighted by atomic mass is 10.2. The lowest BCUT2D eigenvalue weighted by molar-refractivity contribution is -0.383. The van der Waals surface area contributed by atoms with Crippen LogP contribution in [0.1, 0.15) is 12.0 Å². The van der Waals surface area contributed by atoms with Crippen LogP contribution in [0.5, 0.6) is 5.75 Å². The smallest absolute Gasteiger partial charge is 0.292 e. The Hall–Kier alpha value is -2.45. The van der Waals surface area contributed by atoms with Crippen LogP contribution in [0, 0.1) is 10.1 Å². The highest BCUT2D eigenvalue weighted by Gasteiger charge is 2.15. The van der Waals surface area contributed by atoms with Crippen molar-refractivity contribution in [2.45, 2.75) is 13.0 Å². The van der Waals surface area contributed by atoms with Gasteiger partial charge in [0.1, 0.15) is 11.4 Å². The number of halogens is 1. The monoisotopic (exact) mass is 421 g/mol. The van der Waals surface area contributed by atoms with Crippen LogP contribution in [0.3, 0.4) is 0 Å². The van der Waals surface area contributed by atoms with Gasteiger partial charge in [-0.1, -0.05) is 28.1 Å². The van der Waals surface area contributed by atoms with Crippen LogP contribution in [0.4, 0.5) is 11.4 Å². The van der Waals surface area contributed by atoms with E-state index in [1.807, 2.05) is 30.1 Å². The molecule has 0 aliphatic carbocycles. The average Bonchev–Trinajstić information content (AvgIpc) is 2.60. The molecule has 0 saturated carbocycles. The van der Waals surface area contributed by atoms with Gasteiger partial charge in [0.2, 0.25) is 5.91 Å². The van der Waals surface area contributed by atoms with Crippen LogP contribution in [0.25, 0.3) is 0 Å². The molecular weight excluding hydrogens is 402 g/mol. The molecule has 2 aromatic carbocycles. The predicted molar refractivity (Wildman–Crippen MR) is 103 cm³/mol. The van der Waals surface area contributed by atoms with E-state index in [2.05, 4.69) is 21.2 Å². The molecule has 8 heteroatoms. The van der Waals surface area contributed by atoms with Gasteiger partial charge in [-0.15, -0.1) is 0 Å². The Labute approximate surface area is 160 Å². The summed E-state index contributed by atoms with van der Waals surface area (Å²) >= 11 is 3.44. The molecule has 2 aromatic rings. The normalized spacial score (nSPS) is 10.6. The number of anilines is 1. The summed E-state index contributed by atoms with van der Waals surface area (Å²) < 4.78 is 6.31. The van der Waals surface area contributed by atoms with Crippen molar-refractivity contribution in [1.29, 1.82) is 0 Å². The van der Waals surface area contributed by atoms with Crippen molar-refractivity contribution in [1.82, 2.24) is 4.90 Å². The van der Waals surface area contributed by atoms with E-state index >= 15 is 0 Å². The van der Waals surface area contributed by atoms with E-state index in [1.165, 1.54) is 12.1 Å². The maximum atomic E-state index is 12.1. The topological polar surface area (TPSA) is 84.7 Å². The molecule has 1 N–H and O–H groups in total. The molecule has 0 atom stereocenters. The van der Waals surface area contributed by atoms with Crippen LogP contribution in [0.15, 0.2) is 46.9 Å². The number of rotatable bonds is 8. The van der Waals surface area contributed by atoms with Crippen LogP contribution in [-0.4, -0.2) is 36.4 Å². The third-order valence-corrected chi connectivity index (χ3v) is 4.27. The largest absolute Gasteiger partial charge is 0.496 e. The minimum atomic E-state index is -0.513. The van der Waals surface area contributed by atoms with Crippen molar-refractivity contribution in [3.05, 3.63) is 62.6 Å². The third kappa shape index (κ3) is 5.53. The second-order valence-electron chi connectivity index (χ2n) is 5.77. The first-order valence-electron chi connectivity index (χ1n) is 7.95. The van der Waals surface area contributed by atoms with Crippen molar-refractivity contribution in [3.8, 4) is 5.75 Å². The predicted octanol–water partition coefficient (Wildman–Crippen LogP) is 3.83. The van der Waals surface area contributed by atoms with Gasteiger partial charge in [-0.05, 0) is 31.3 Å². The highest BCUT2D eigenvalue weighted by atomic mass is 79.9. The average molecular weight is 422 g/mol. The summed E-state index contributed by atoms with van der Waals surface area (Å²) in [6.45, 7) is 1.11. The first kappa shape index (κ1) is 19.9. The first-order valence-corrected chi connectivity index (χ1v) is 8.74. The summed E-state index contributed by atoms with van der Waals surface area (Å²) in [5.41, 5.74) is 1.09. The van der Waals surface area contributed by atoms with Crippen molar-refractivity contribution in [3.63, 3.8) is 0 Å². The van der Waals surface area contributed by atoms with Crippen molar-refractivity contribution < 1.29 is 14.5 Å². The van der Waals surface area contributed by atoms with Gasteiger partial charge >= 0.3 is 0 Å². The number of benzene rings is 2. The van der Waals surface area contributed by atoms with Gasteiger partial charge < -0.3 is 15.0 Å². The van der Waals surface area contributed by atoms with E-state index in [4.69, 9.17) is 4.74 Å². The zero-order valence-corrected chi connectivity index (χ0v) is 16.2. The fourth-order valence-electron chi connectivity index (χ4n) is 2.48. The Morgan fingerprint density at radius 2 is 2.04 bits per heavy atom. The molecule has 7 nitrogen and oxygen atoms in total. The number of hydrogen-bond donors (Lipinski definition) is 1. The SMILES string of the molecule is COc1ccc(Br)cc1CN(C)CCC(=O)Nc1ccccc1[N+](=O)[O-]. The molecule has 0 heterocycles. The molecule has 0 aromatic heterocycles.